The van der Waals surface area contributed by atoms with E-state index in [2.05, 4.69) is 121 Å². The van der Waals surface area contributed by atoms with E-state index in [1.165, 1.54) is 25.9 Å². The molecule has 224 valence electrons. The predicted octanol–water partition coefficient (Wildman–Crippen LogP) is 12.0. The van der Waals surface area contributed by atoms with Crippen molar-refractivity contribution in [2.75, 3.05) is 0 Å². The minimum absolute atomic E-state index is 0.577. The van der Waals surface area contributed by atoms with Gasteiger partial charge in [-0.2, -0.15) is 0 Å². The molecule has 0 aliphatic heterocycles. The van der Waals surface area contributed by atoms with Gasteiger partial charge in [0.1, 0.15) is 11.2 Å². The van der Waals surface area contributed by atoms with E-state index < -0.39 is 0 Å². The van der Waals surface area contributed by atoms with Gasteiger partial charge in [-0.3, -0.25) is 0 Å². The summed E-state index contributed by atoms with van der Waals surface area (Å²) in [5.74, 6) is 1.84. The Morgan fingerprint density at radius 1 is 0.375 bits per heavy atom. The Labute approximate surface area is 279 Å². The molecule has 10 rings (SSSR count). The quantitative estimate of drug-likeness (QED) is 0.194. The molecule has 0 atom stereocenters. The number of thiophene rings is 1. The van der Waals surface area contributed by atoms with Gasteiger partial charge in [0, 0.05) is 47.5 Å². The van der Waals surface area contributed by atoms with Crippen molar-refractivity contribution in [2.24, 2.45) is 0 Å². The molecule has 3 aromatic heterocycles. The Hall–Kier alpha value is -6.17. The van der Waals surface area contributed by atoms with Crippen molar-refractivity contribution in [3.05, 3.63) is 152 Å². The smallest absolute Gasteiger partial charge is 0.167 e. The zero-order valence-electron chi connectivity index (χ0n) is 25.6. The van der Waals surface area contributed by atoms with E-state index in [0.29, 0.717) is 17.5 Å². The van der Waals surface area contributed by atoms with Crippen LogP contribution in [0.15, 0.2) is 156 Å². The fourth-order valence-electron chi connectivity index (χ4n) is 6.95. The van der Waals surface area contributed by atoms with Crippen molar-refractivity contribution in [3.63, 3.8) is 0 Å². The lowest BCUT2D eigenvalue weighted by molar-refractivity contribution is 0.673. The highest BCUT2D eigenvalue weighted by Crippen LogP contribution is 2.43. The van der Waals surface area contributed by atoms with E-state index in [-0.39, 0.29) is 0 Å². The average molecular weight is 632 g/mol. The summed E-state index contributed by atoms with van der Waals surface area (Å²) in [7, 11) is 0. The van der Waals surface area contributed by atoms with Crippen LogP contribution < -0.4 is 0 Å². The summed E-state index contributed by atoms with van der Waals surface area (Å²) in [6.45, 7) is 0. The van der Waals surface area contributed by atoms with Crippen LogP contribution in [0.3, 0.4) is 0 Å². The van der Waals surface area contributed by atoms with Gasteiger partial charge < -0.3 is 4.42 Å². The molecule has 0 saturated carbocycles. The van der Waals surface area contributed by atoms with E-state index in [0.717, 1.165) is 54.8 Å². The third kappa shape index (κ3) is 4.18. The van der Waals surface area contributed by atoms with Gasteiger partial charge in [0.05, 0.1) is 5.56 Å². The summed E-state index contributed by atoms with van der Waals surface area (Å²) in [6, 6.07) is 52.6. The van der Waals surface area contributed by atoms with Gasteiger partial charge in [-0.15, -0.1) is 11.3 Å². The molecule has 0 unspecified atom stereocenters. The molecule has 0 radical (unpaired) electrons. The third-order valence-electron chi connectivity index (χ3n) is 9.14. The van der Waals surface area contributed by atoms with Crippen LogP contribution >= 0.6 is 11.3 Å². The van der Waals surface area contributed by atoms with Crippen LogP contribution in [0.1, 0.15) is 0 Å². The highest BCUT2D eigenvalue weighted by molar-refractivity contribution is 7.25. The van der Waals surface area contributed by atoms with Crippen LogP contribution in [0.5, 0.6) is 0 Å². The molecule has 0 aliphatic rings. The predicted molar refractivity (Wildman–Crippen MR) is 199 cm³/mol. The Morgan fingerprint density at radius 3 is 1.75 bits per heavy atom. The lowest BCUT2D eigenvalue weighted by Gasteiger charge is -2.10. The lowest BCUT2D eigenvalue weighted by atomic mass is 9.95. The molecule has 0 N–H and O–H groups in total. The van der Waals surface area contributed by atoms with E-state index in [1.807, 2.05) is 30.3 Å². The zero-order chi connectivity index (χ0) is 31.6. The maximum absolute atomic E-state index is 6.85. The molecule has 48 heavy (non-hydrogen) atoms. The topological polar surface area (TPSA) is 51.8 Å². The van der Waals surface area contributed by atoms with Crippen molar-refractivity contribution >= 4 is 64.2 Å². The molecule has 7 aromatic carbocycles. The summed E-state index contributed by atoms with van der Waals surface area (Å²) in [5.41, 5.74) is 6.72. The molecule has 0 aliphatic carbocycles. The van der Waals surface area contributed by atoms with E-state index >= 15 is 0 Å². The maximum Gasteiger partial charge on any atom is 0.167 e. The molecule has 0 fully saturated rings. The van der Waals surface area contributed by atoms with Crippen LogP contribution in [0.2, 0.25) is 0 Å². The number of furan rings is 1. The van der Waals surface area contributed by atoms with Crippen LogP contribution in [0.25, 0.3) is 98.2 Å². The Morgan fingerprint density at radius 2 is 0.938 bits per heavy atom. The van der Waals surface area contributed by atoms with Crippen molar-refractivity contribution < 1.29 is 4.42 Å². The summed E-state index contributed by atoms with van der Waals surface area (Å²) in [5, 5.41) is 6.69. The largest absolute Gasteiger partial charge is 0.455 e. The fourth-order valence-corrected chi connectivity index (χ4v) is 8.08. The summed E-state index contributed by atoms with van der Waals surface area (Å²) >= 11 is 1.79. The molecule has 5 heteroatoms. The van der Waals surface area contributed by atoms with Crippen molar-refractivity contribution in [3.8, 4) is 45.3 Å². The summed E-state index contributed by atoms with van der Waals surface area (Å²) in [4.78, 5) is 15.4. The van der Waals surface area contributed by atoms with Crippen LogP contribution in [-0.4, -0.2) is 15.0 Å². The SMILES string of the molecule is c1ccc(-c2nc(-c3cccc4c3oc3c5ccccc5c(-c5ccccc5)cc43)nc(-c3cccc4sc5ccccc5c34)n2)cc1. The van der Waals surface area contributed by atoms with Crippen molar-refractivity contribution in [1.29, 1.82) is 0 Å². The number of para-hydroxylation sites is 1. The van der Waals surface area contributed by atoms with Gasteiger partial charge in [-0.25, -0.2) is 15.0 Å². The van der Waals surface area contributed by atoms with E-state index in [1.54, 1.807) is 11.3 Å². The van der Waals surface area contributed by atoms with Gasteiger partial charge in [0.15, 0.2) is 17.5 Å². The van der Waals surface area contributed by atoms with Gasteiger partial charge >= 0.3 is 0 Å². The number of hydrogen-bond donors (Lipinski definition) is 0. The molecule has 0 saturated heterocycles. The Bertz CT molecular complexity index is 2840. The summed E-state index contributed by atoms with van der Waals surface area (Å²) < 4.78 is 9.30. The Balaban J connectivity index is 1.26. The minimum atomic E-state index is 0.577. The van der Waals surface area contributed by atoms with Gasteiger partial charge in [0.2, 0.25) is 0 Å². The highest BCUT2D eigenvalue weighted by Gasteiger charge is 2.21. The molecule has 3 heterocycles. The van der Waals surface area contributed by atoms with Crippen molar-refractivity contribution in [2.45, 2.75) is 0 Å². The second-order valence-electron chi connectivity index (χ2n) is 11.9. The standard InChI is InChI=1S/C43H25N3OS/c1-3-13-26(14-4-1)34-25-35-30-20-11-22-33(39(30)47-40(35)29-18-8-7-17-28(29)34)43-45-41(27-15-5-2-6-16-27)44-42(46-43)32-21-12-24-37-38(32)31-19-9-10-23-36(31)48-37/h1-25H. The minimum Gasteiger partial charge on any atom is -0.455 e. The van der Waals surface area contributed by atoms with E-state index in [4.69, 9.17) is 19.4 Å². The molecule has 0 amide bonds. The second-order valence-corrected chi connectivity index (χ2v) is 13.0. The maximum atomic E-state index is 6.85. The molecular weight excluding hydrogens is 607 g/mol. The average Bonchev–Trinajstić information content (AvgIpc) is 3.74. The first-order valence-electron chi connectivity index (χ1n) is 15.9. The molecule has 4 nitrogen and oxygen atoms in total. The highest BCUT2D eigenvalue weighted by atomic mass is 32.1. The second kappa shape index (κ2) is 10.7. The number of benzene rings is 7. The number of hydrogen-bond acceptors (Lipinski definition) is 5. The number of aromatic nitrogens is 3. The van der Waals surface area contributed by atoms with Crippen molar-refractivity contribution in [1.82, 2.24) is 15.0 Å². The van der Waals surface area contributed by atoms with Gasteiger partial charge in [-0.05, 0) is 40.8 Å². The monoisotopic (exact) mass is 631 g/mol. The first-order chi connectivity index (χ1) is 23.8. The van der Waals surface area contributed by atoms with Gasteiger partial charge in [-0.1, -0.05) is 127 Å². The normalized spacial score (nSPS) is 11.8. The summed E-state index contributed by atoms with van der Waals surface area (Å²) in [6.07, 6.45) is 0. The van der Waals surface area contributed by atoms with Crippen LogP contribution in [0, 0.1) is 0 Å². The third-order valence-corrected chi connectivity index (χ3v) is 10.3. The Kier molecular flexibility index (Phi) is 6.01. The van der Waals surface area contributed by atoms with E-state index in [9.17, 15) is 0 Å². The molecular formula is C43H25N3OS. The lowest BCUT2D eigenvalue weighted by Crippen LogP contribution is -2.00. The van der Waals surface area contributed by atoms with Crippen LogP contribution in [0.4, 0.5) is 0 Å². The van der Waals surface area contributed by atoms with Crippen LogP contribution in [-0.2, 0) is 0 Å². The van der Waals surface area contributed by atoms with Gasteiger partial charge in [0.25, 0.3) is 0 Å². The molecule has 0 spiro atoms. The first-order valence-corrected chi connectivity index (χ1v) is 16.8. The molecule has 0 bridgehead atoms. The number of nitrogens with zero attached hydrogens (tertiary/aromatic N) is 3. The number of fused-ring (bicyclic) bond motifs is 8. The number of rotatable bonds is 4. The fraction of sp³-hybridized carbons (Fsp3) is 0. The molecule has 10 aromatic rings. The first kappa shape index (κ1) is 27.0. The zero-order valence-corrected chi connectivity index (χ0v) is 26.4.